The van der Waals surface area contributed by atoms with Gasteiger partial charge < -0.3 is 0 Å². The quantitative estimate of drug-likeness (QED) is 0.318. The average molecular weight is 450 g/mol. The molecule has 0 aliphatic carbocycles. The number of hydrogen-bond acceptors (Lipinski definition) is 0. The van der Waals surface area contributed by atoms with Crippen LogP contribution in [0.25, 0.3) is 0 Å². The van der Waals surface area contributed by atoms with E-state index in [-0.39, 0.29) is 0 Å². The Bertz CT molecular complexity index is 991. The van der Waals surface area contributed by atoms with E-state index >= 15 is 0 Å². The van der Waals surface area contributed by atoms with E-state index in [1.54, 1.807) is 0 Å². The summed E-state index contributed by atoms with van der Waals surface area (Å²) in [6.45, 7) is 0. The van der Waals surface area contributed by atoms with Gasteiger partial charge in [0.05, 0.1) is 0 Å². The molecule has 0 amide bonds. The Labute approximate surface area is 174 Å². The van der Waals surface area contributed by atoms with Gasteiger partial charge in [-0.15, -0.1) is 0 Å². The van der Waals surface area contributed by atoms with Gasteiger partial charge in [0, 0.05) is 9.50 Å². The second-order valence-corrected chi connectivity index (χ2v) is 11.7. The van der Waals surface area contributed by atoms with Crippen LogP contribution in [-0.2, 0) is 0 Å². The summed E-state index contributed by atoms with van der Waals surface area (Å²) in [6.07, 6.45) is 0. The van der Waals surface area contributed by atoms with Crippen LogP contribution in [0.3, 0.4) is 0 Å². The van der Waals surface area contributed by atoms with Crippen molar-refractivity contribution in [2.45, 2.75) is 0 Å². The number of rotatable bonds is 4. The smallest absolute Gasteiger partial charge is 0.0843 e. The minimum absolute atomic E-state index is 0.761. The first-order chi connectivity index (χ1) is 13.2. The summed E-state index contributed by atoms with van der Waals surface area (Å²) in [5.41, 5.74) is 0. The van der Waals surface area contributed by atoms with Crippen LogP contribution >= 0.6 is 27.5 Å². The lowest BCUT2D eigenvalue weighted by molar-refractivity contribution is 1.64. The van der Waals surface area contributed by atoms with Crippen LogP contribution in [-0.4, -0.2) is 8.07 Å². The van der Waals surface area contributed by atoms with E-state index in [1.807, 2.05) is 12.1 Å². The Balaban J connectivity index is 2.13. The molecule has 132 valence electrons. The van der Waals surface area contributed by atoms with Crippen molar-refractivity contribution in [3.8, 4) is 0 Å². The molecule has 4 aromatic carbocycles. The summed E-state index contributed by atoms with van der Waals surface area (Å²) in [4.78, 5) is 0. The first kappa shape index (κ1) is 18.2. The topological polar surface area (TPSA) is 0 Å². The maximum absolute atomic E-state index is 6.23. The van der Waals surface area contributed by atoms with Crippen molar-refractivity contribution in [3.05, 3.63) is 119 Å². The number of hydrogen-bond donors (Lipinski definition) is 0. The van der Waals surface area contributed by atoms with Crippen LogP contribution < -0.4 is 20.7 Å². The molecule has 0 aliphatic rings. The van der Waals surface area contributed by atoms with Gasteiger partial charge in [0.15, 0.2) is 8.07 Å². The van der Waals surface area contributed by atoms with Crippen LogP contribution in [0.2, 0.25) is 5.02 Å². The second kappa shape index (κ2) is 7.85. The van der Waals surface area contributed by atoms with E-state index in [0.717, 1.165) is 9.50 Å². The summed E-state index contributed by atoms with van der Waals surface area (Å²) in [6, 6.07) is 38.8. The zero-order valence-corrected chi connectivity index (χ0v) is 18.0. The van der Waals surface area contributed by atoms with Crippen molar-refractivity contribution in [2.24, 2.45) is 0 Å². The average Bonchev–Trinajstić information content (AvgIpc) is 2.72. The Morgan fingerprint density at radius 2 is 1.00 bits per heavy atom. The van der Waals surface area contributed by atoms with Crippen LogP contribution in [0.15, 0.2) is 114 Å². The largest absolute Gasteiger partial charge is 0.179 e. The van der Waals surface area contributed by atoms with Gasteiger partial charge in [0.25, 0.3) is 0 Å². The van der Waals surface area contributed by atoms with Crippen LogP contribution in [0.1, 0.15) is 0 Å². The molecule has 0 fully saturated rings. The van der Waals surface area contributed by atoms with Gasteiger partial charge in [-0.1, -0.05) is 112 Å². The maximum atomic E-state index is 6.23. The van der Waals surface area contributed by atoms with Crippen molar-refractivity contribution in [1.29, 1.82) is 0 Å². The number of halogens is 2. The fourth-order valence-corrected chi connectivity index (χ4v) is 9.30. The maximum Gasteiger partial charge on any atom is 0.179 e. The highest BCUT2D eigenvalue weighted by molar-refractivity contribution is 9.10. The van der Waals surface area contributed by atoms with Crippen LogP contribution in [0, 0.1) is 0 Å². The third-order valence-electron chi connectivity index (χ3n) is 4.95. The zero-order valence-electron chi connectivity index (χ0n) is 14.6. The first-order valence-corrected chi connectivity index (χ1v) is 12.0. The molecule has 0 atom stereocenters. The monoisotopic (exact) mass is 448 g/mol. The Morgan fingerprint density at radius 3 is 1.52 bits per heavy atom. The lowest BCUT2D eigenvalue weighted by Gasteiger charge is -2.34. The number of benzene rings is 4. The molecule has 0 bridgehead atoms. The molecule has 0 saturated heterocycles. The van der Waals surface area contributed by atoms with Crippen molar-refractivity contribution in [1.82, 2.24) is 0 Å². The summed E-state index contributed by atoms with van der Waals surface area (Å²) in [5, 5.41) is 6.14. The molecule has 0 spiro atoms. The lowest BCUT2D eigenvalue weighted by atomic mass is 10.3. The Hall–Kier alpha value is -2.13. The van der Waals surface area contributed by atoms with Crippen molar-refractivity contribution in [2.75, 3.05) is 0 Å². The molecule has 4 rings (SSSR count). The predicted molar refractivity (Wildman–Crippen MR) is 123 cm³/mol. The molecule has 0 N–H and O–H groups in total. The lowest BCUT2D eigenvalue weighted by Crippen LogP contribution is -2.74. The van der Waals surface area contributed by atoms with E-state index in [4.69, 9.17) is 11.6 Å². The first-order valence-electron chi connectivity index (χ1n) is 8.84. The highest BCUT2D eigenvalue weighted by Crippen LogP contribution is 2.14. The van der Waals surface area contributed by atoms with Gasteiger partial charge in [0.1, 0.15) is 0 Å². The SMILES string of the molecule is Clc1ccc([Si](c2ccccc2)(c2ccccc2)c2cccc(Br)c2)cc1. The fourth-order valence-electron chi connectivity index (χ4n) is 3.80. The molecule has 27 heavy (non-hydrogen) atoms. The van der Waals surface area contributed by atoms with Crippen molar-refractivity contribution >= 4 is 56.4 Å². The Kier molecular flexibility index (Phi) is 5.30. The second-order valence-electron chi connectivity index (χ2n) is 6.50. The van der Waals surface area contributed by atoms with E-state index in [2.05, 4.69) is 113 Å². The van der Waals surface area contributed by atoms with E-state index in [0.29, 0.717) is 0 Å². The fraction of sp³-hybridized carbons (Fsp3) is 0. The summed E-state index contributed by atoms with van der Waals surface area (Å²) in [5.74, 6) is 0. The van der Waals surface area contributed by atoms with Gasteiger partial charge in [0.2, 0.25) is 0 Å². The van der Waals surface area contributed by atoms with Crippen LogP contribution in [0.5, 0.6) is 0 Å². The normalized spacial score (nSPS) is 11.3. The van der Waals surface area contributed by atoms with Gasteiger partial charge in [-0.25, -0.2) is 0 Å². The summed E-state index contributed by atoms with van der Waals surface area (Å²) in [7, 11) is -2.44. The minimum Gasteiger partial charge on any atom is -0.0843 e. The highest BCUT2D eigenvalue weighted by Gasteiger charge is 2.41. The third kappa shape index (κ3) is 3.41. The van der Waals surface area contributed by atoms with Crippen LogP contribution in [0.4, 0.5) is 0 Å². The van der Waals surface area contributed by atoms with Gasteiger partial charge >= 0.3 is 0 Å². The van der Waals surface area contributed by atoms with E-state index < -0.39 is 8.07 Å². The summed E-state index contributed by atoms with van der Waals surface area (Å²) >= 11 is 9.92. The third-order valence-corrected chi connectivity index (χ3v) is 10.5. The zero-order chi connectivity index (χ0) is 18.7. The minimum atomic E-state index is -2.44. The standard InChI is InChI=1S/C24H18BrClSi/c25-19-8-7-13-24(18-19)27(21-9-3-1-4-10-21,22-11-5-2-6-12-22)23-16-14-20(26)15-17-23/h1-18H. The van der Waals surface area contributed by atoms with Crippen molar-refractivity contribution < 1.29 is 0 Å². The van der Waals surface area contributed by atoms with E-state index in [9.17, 15) is 0 Å². The van der Waals surface area contributed by atoms with Gasteiger partial charge in [-0.2, -0.15) is 0 Å². The highest BCUT2D eigenvalue weighted by atomic mass is 79.9. The molecule has 0 nitrogen and oxygen atoms in total. The molecule has 0 aromatic heterocycles. The van der Waals surface area contributed by atoms with Crippen molar-refractivity contribution in [3.63, 3.8) is 0 Å². The molecule has 4 aromatic rings. The molecule has 3 heteroatoms. The molecular weight excluding hydrogens is 432 g/mol. The van der Waals surface area contributed by atoms with Gasteiger partial charge in [-0.3, -0.25) is 0 Å². The Morgan fingerprint density at radius 1 is 0.519 bits per heavy atom. The molecule has 0 aliphatic heterocycles. The van der Waals surface area contributed by atoms with E-state index in [1.165, 1.54) is 20.7 Å². The molecule has 0 saturated carbocycles. The summed E-state index contributed by atoms with van der Waals surface area (Å²) < 4.78 is 1.10. The van der Waals surface area contributed by atoms with Gasteiger partial charge in [-0.05, 0) is 45.0 Å². The molecule has 0 heterocycles. The molecular formula is C24H18BrClSi. The predicted octanol–water partition coefficient (Wildman–Crippen LogP) is 4.48. The molecule has 0 unspecified atom stereocenters. The molecule has 0 radical (unpaired) electrons.